The van der Waals surface area contributed by atoms with Gasteiger partial charge in [-0.2, -0.15) is 5.48 Å². The molecule has 0 aromatic heterocycles. The van der Waals surface area contributed by atoms with E-state index in [1.54, 1.807) is 6.92 Å². The Bertz CT molecular complexity index is 485. The second-order valence-corrected chi connectivity index (χ2v) is 5.49. The number of nitrogens with one attached hydrogen (secondary N) is 1. The summed E-state index contributed by atoms with van der Waals surface area (Å²) in [4.78, 5) is 4.73. The third-order valence-electron chi connectivity index (χ3n) is 2.15. The normalized spacial score (nSPS) is 11.8. The SMILES string of the molecule is CONCc1cc(S(C)(=O)=O)c(C)cc1F. The lowest BCUT2D eigenvalue weighted by molar-refractivity contribution is 0.0858. The molecule has 0 unspecified atom stereocenters. The second kappa shape index (κ2) is 4.90. The molecule has 90 valence electrons. The van der Waals surface area contributed by atoms with Gasteiger partial charge in [-0.25, -0.2) is 12.8 Å². The van der Waals surface area contributed by atoms with Gasteiger partial charge in [0.2, 0.25) is 0 Å². The highest BCUT2D eigenvalue weighted by molar-refractivity contribution is 7.90. The molecule has 0 spiro atoms. The highest BCUT2D eigenvalue weighted by atomic mass is 32.2. The first-order chi connectivity index (χ1) is 7.36. The highest BCUT2D eigenvalue weighted by Gasteiger charge is 2.14. The van der Waals surface area contributed by atoms with Gasteiger partial charge in [-0.1, -0.05) is 0 Å². The Kier molecular flexibility index (Phi) is 4.01. The van der Waals surface area contributed by atoms with Crippen molar-refractivity contribution in [2.45, 2.75) is 18.4 Å². The molecule has 1 rings (SSSR count). The molecule has 6 heteroatoms. The third-order valence-corrected chi connectivity index (χ3v) is 3.39. The summed E-state index contributed by atoms with van der Waals surface area (Å²) < 4.78 is 36.3. The zero-order chi connectivity index (χ0) is 12.3. The monoisotopic (exact) mass is 247 g/mol. The highest BCUT2D eigenvalue weighted by Crippen LogP contribution is 2.19. The van der Waals surface area contributed by atoms with Gasteiger partial charge in [-0.15, -0.1) is 0 Å². The molecule has 0 saturated heterocycles. The molecule has 0 aliphatic carbocycles. The molecule has 1 N–H and O–H groups in total. The number of hydroxylamine groups is 1. The Balaban J connectivity index is 3.22. The topological polar surface area (TPSA) is 55.4 Å². The molecule has 0 heterocycles. The smallest absolute Gasteiger partial charge is 0.175 e. The van der Waals surface area contributed by atoms with Crippen LogP contribution in [0.25, 0.3) is 0 Å². The van der Waals surface area contributed by atoms with Gasteiger partial charge in [0.1, 0.15) is 5.82 Å². The average Bonchev–Trinajstić information content (AvgIpc) is 2.14. The van der Waals surface area contributed by atoms with Crippen LogP contribution in [0.15, 0.2) is 17.0 Å². The maximum absolute atomic E-state index is 13.5. The molecule has 0 bridgehead atoms. The van der Waals surface area contributed by atoms with E-state index in [-0.39, 0.29) is 17.0 Å². The van der Waals surface area contributed by atoms with Crippen molar-refractivity contribution in [1.82, 2.24) is 5.48 Å². The third kappa shape index (κ3) is 3.01. The number of hydrogen-bond acceptors (Lipinski definition) is 4. The molecule has 0 aliphatic heterocycles. The van der Waals surface area contributed by atoms with Crippen LogP contribution in [0, 0.1) is 12.7 Å². The van der Waals surface area contributed by atoms with Gasteiger partial charge in [0.15, 0.2) is 9.84 Å². The fourth-order valence-corrected chi connectivity index (χ4v) is 2.38. The summed E-state index contributed by atoms with van der Waals surface area (Å²) in [6, 6.07) is 2.54. The molecule has 0 fully saturated rings. The lowest BCUT2D eigenvalue weighted by atomic mass is 10.1. The molecule has 1 aromatic carbocycles. The summed E-state index contributed by atoms with van der Waals surface area (Å²) in [5.74, 6) is -0.450. The lowest BCUT2D eigenvalue weighted by Crippen LogP contribution is -2.13. The minimum absolute atomic E-state index is 0.116. The van der Waals surface area contributed by atoms with Crippen LogP contribution in [-0.4, -0.2) is 21.8 Å². The zero-order valence-corrected chi connectivity index (χ0v) is 10.2. The first kappa shape index (κ1) is 13.1. The van der Waals surface area contributed by atoms with E-state index < -0.39 is 15.7 Å². The Morgan fingerprint density at radius 1 is 1.44 bits per heavy atom. The standard InChI is InChI=1S/C10H14FNO3S/c1-7-4-9(11)8(6-12-15-2)5-10(7)16(3,13)14/h4-5,12H,6H2,1-3H3. The second-order valence-electron chi connectivity index (χ2n) is 3.51. The van der Waals surface area contributed by atoms with Crippen LogP contribution in [0.1, 0.15) is 11.1 Å². The fraction of sp³-hybridized carbons (Fsp3) is 0.400. The molecule has 1 aromatic rings. The van der Waals surface area contributed by atoms with E-state index in [1.807, 2.05) is 0 Å². The van der Waals surface area contributed by atoms with Gasteiger partial charge in [-0.3, -0.25) is 0 Å². The summed E-state index contributed by atoms with van der Waals surface area (Å²) in [5.41, 5.74) is 3.13. The zero-order valence-electron chi connectivity index (χ0n) is 9.37. The van der Waals surface area contributed by atoms with Crippen LogP contribution in [0.3, 0.4) is 0 Å². The summed E-state index contributed by atoms with van der Waals surface area (Å²) in [7, 11) is -1.93. The van der Waals surface area contributed by atoms with E-state index in [4.69, 9.17) is 0 Å². The predicted octanol–water partition coefficient (Wildman–Crippen LogP) is 1.19. The molecule has 0 saturated carbocycles. The number of benzene rings is 1. The molecule has 16 heavy (non-hydrogen) atoms. The minimum Gasteiger partial charge on any atom is -0.305 e. The number of rotatable bonds is 4. The van der Waals surface area contributed by atoms with Crippen molar-refractivity contribution in [2.24, 2.45) is 0 Å². The van der Waals surface area contributed by atoms with E-state index in [0.717, 1.165) is 6.26 Å². The number of aryl methyl sites for hydroxylation is 1. The van der Waals surface area contributed by atoms with Crippen LogP contribution in [0.2, 0.25) is 0 Å². The predicted molar refractivity (Wildman–Crippen MR) is 58.1 cm³/mol. The van der Waals surface area contributed by atoms with Crippen molar-refractivity contribution in [3.63, 3.8) is 0 Å². The Morgan fingerprint density at radius 3 is 2.56 bits per heavy atom. The van der Waals surface area contributed by atoms with E-state index in [9.17, 15) is 12.8 Å². The van der Waals surface area contributed by atoms with Gasteiger partial charge in [-0.05, 0) is 24.6 Å². The van der Waals surface area contributed by atoms with E-state index in [1.165, 1.54) is 19.2 Å². The van der Waals surface area contributed by atoms with Gasteiger partial charge >= 0.3 is 0 Å². The lowest BCUT2D eigenvalue weighted by Gasteiger charge is -2.09. The molecule has 0 atom stereocenters. The van der Waals surface area contributed by atoms with Crippen molar-refractivity contribution in [3.8, 4) is 0 Å². The summed E-state index contributed by atoms with van der Waals surface area (Å²) in [5, 5.41) is 0. The van der Waals surface area contributed by atoms with Crippen LogP contribution in [0.5, 0.6) is 0 Å². The van der Waals surface area contributed by atoms with Gasteiger partial charge in [0.05, 0.1) is 12.0 Å². The summed E-state index contributed by atoms with van der Waals surface area (Å²) >= 11 is 0. The van der Waals surface area contributed by atoms with Crippen molar-refractivity contribution < 1.29 is 17.6 Å². The van der Waals surface area contributed by atoms with Gasteiger partial charge < -0.3 is 4.84 Å². The maximum atomic E-state index is 13.5. The van der Waals surface area contributed by atoms with Crippen molar-refractivity contribution >= 4 is 9.84 Å². The fourth-order valence-electron chi connectivity index (χ4n) is 1.38. The molecule has 0 radical (unpaired) electrons. The van der Waals surface area contributed by atoms with Crippen molar-refractivity contribution in [3.05, 3.63) is 29.1 Å². The number of halogens is 1. The maximum Gasteiger partial charge on any atom is 0.175 e. The molecule has 4 nitrogen and oxygen atoms in total. The largest absolute Gasteiger partial charge is 0.305 e. The molecular weight excluding hydrogens is 233 g/mol. The minimum atomic E-state index is -3.33. The molecule has 0 aliphatic rings. The number of sulfone groups is 1. The molecular formula is C10H14FNO3S. The van der Waals surface area contributed by atoms with E-state index in [2.05, 4.69) is 10.3 Å². The van der Waals surface area contributed by atoms with Crippen LogP contribution in [-0.2, 0) is 21.2 Å². The van der Waals surface area contributed by atoms with E-state index in [0.29, 0.717) is 5.56 Å². The molecule has 0 amide bonds. The Hall–Kier alpha value is -0.980. The van der Waals surface area contributed by atoms with E-state index >= 15 is 0 Å². The summed E-state index contributed by atoms with van der Waals surface area (Å²) in [6.07, 6.45) is 1.10. The average molecular weight is 247 g/mol. The van der Waals surface area contributed by atoms with Crippen LogP contribution < -0.4 is 5.48 Å². The Morgan fingerprint density at radius 2 is 2.06 bits per heavy atom. The van der Waals surface area contributed by atoms with Crippen molar-refractivity contribution in [2.75, 3.05) is 13.4 Å². The number of hydrogen-bond donors (Lipinski definition) is 1. The quantitative estimate of drug-likeness (QED) is 0.641. The Labute approximate surface area is 94.3 Å². The van der Waals surface area contributed by atoms with Crippen LogP contribution in [0.4, 0.5) is 4.39 Å². The first-order valence-corrected chi connectivity index (χ1v) is 6.50. The van der Waals surface area contributed by atoms with Gasteiger partial charge in [0, 0.05) is 18.4 Å². The summed E-state index contributed by atoms with van der Waals surface area (Å²) in [6.45, 7) is 1.68. The van der Waals surface area contributed by atoms with Crippen molar-refractivity contribution in [1.29, 1.82) is 0 Å². The van der Waals surface area contributed by atoms with Gasteiger partial charge in [0.25, 0.3) is 0 Å². The van der Waals surface area contributed by atoms with Crippen LogP contribution >= 0.6 is 0 Å². The first-order valence-electron chi connectivity index (χ1n) is 4.61.